The average Bonchev–Trinajstić information content (AvgIpc) is 3.45. The Balaban J connectivity index is 5.21. The Labute approximate surface area is 549 Å². The van der Waals surface area contributed by atoms with Crippen LogP contribution in [0.4, 0.5) is 0 Å². The minimum Gasteiger partial charge on any atom is -0.462 e. The lowest BCUT2D eigenvalue weighted by Gasteiger charge is -2.21. The Bertz CT molecular complexity index is 1780. The third-order valence-corrected chi connectivity index (χ3v) is 18.6. The van der Waals surface area contributed by atoms with Gasteiger partial charge in [0, 0.05) is 25.7 Å². The van der Waals surface area contributed by atoms with Crippen molar-refractivity contribution in [1.29, 1.82) is 0 Å². The number of rotatable bonds is 68. The molecule has 0 spiro atoms. The summed E-state index contributed by atoms with van der Waals surface area (Å²) in [5.74, 6) is 0.845. The van der Waals surface area contributed by atoms with Gasteiger partial charge in [0.25, 0.3) is 0 Å². The minimum absolute atomic E-state index is 0.103. The first-order valence-electron chi connectivity index (χ1n) is 36.7. The highest BCUT2D eigenvalue weighted by atomic mass is 31.2. The molecule has 0 aliphatic rings. The number of carbonyl (C=O) groups is 4. The van der Waals surface area contributed by atoms with Crippen molar-refractivity contribution >= 4 is 39.5 Å². The molecular formula is C71H138O17P2. The predicted molar refractivity (Wildman–Crippen MR) is 363 cm³/mol. The molecule has 0 saturated heterocycles. The number of carbonyl (C=O) groups excluding carboxylic acids is 4. The highest BCUT2D eigenvalue weighted by Crippen LogP contribution is 2.45. The number of ether oxygens (including phenoxy) is 4. The van der Waals surface area contributed by atoms with Gasteiger partial charge in [-0.15, -0.1) is 0 Å². The molecular weight excluding hydrogens is 1190 g/mol. The highest BCUT2D eigenvalue weighted by Gasteiger charge is 2.30. The van der Waals surface area contributed by atoms with Crippen LogP contribution in [0.2, 0.25) is 0 Å². The minimum atomic E-state index is -4.95. The van der Waals surface area contributed by atoms with Gasteiger partial charge in [0.1, 0.15) is 19.3 Å². The van der Waals surface area contributed by atoms with Crippen molar-refractivity contribution < 1.29 is 80.2 Å². The molecule has 0 aliphatic heterocycles. The Kier molecular flexibility index (Phi) is 59.4. The Morgan fingerprint density at radius 3 is 0.789 bits per heavy atom. The first kappa shape index (κ1) is 88.1. The van der Waals surface area contributed by atoms with Crippen LogP contribution in [0.15, 0.2) is 0 Å². The molecule has 0 saturated carbocycles. The Morgan fingerprint density at radius 2 is 0.533 bits per heavy atom. The zero-order valence-electron chi connectivity index (χ0n) is 58.8. The monoisotopic (exact) mass is 1320 g/mol. The lowest BCUT2D eigenvalue weighted by atomic mass is 10.00. The molecule has 0 bridgehead atoms. The number of aliphatic hydroxyl groups is 1. The molecule has 90 heavy (non-hydrogen) atoms. The van der Waals surface area contributed by atoms with Crippen molar-refractivity contribution in [2.75, 3.05) is 39.6 Å². The quantitative estimate of drug-likeness (QED) is 0.0222. The molecule has 19 heteroatoms. The molecule has 4 unspecified atom stereocenters. The summed E-state index contributed by atoms with van der Waals surface area (Å²) >= 11 is 0. The standard InChI is InChI=1S/C71H138O17P2/c1-9-64(8)50-42-34-29-30-38-46-54-71(76)88-67(58-81-68(73)51-43-35-26-20-15-13-11-10-12-14-18-23-31-39-47-61(2)3)60-86-90(79,80)84-56-65(72)55-83-89(77,78)85-59-66(57-82-69(74)52-44-36-28-22-25-33-41-49-63(6)7)87-70(75)53-45-37-27-21-17-16-19-24-32-40-48-62(4)5/h61-67,72H,9-60H2,1-8H3,(H,77,78)(H,79,80)/t64?,65?,66-,67-/m1/s1. The summed E-state index contributed by atoms with van der Waals surface area (Å²) in [6, 6.07) is 0. The van der Waals surface area contributed by atoms with E-state index in [1.54, 1.807) is 0 Å². The number of phosphoric acid groups is 2. The van der Waals surface area contributed by atoms with Gasteiger partial charge in [0.2, 0.25) is 0 Å². The second kappa shape index (κ2) is 60.7. The van der Waals surface area contributed by atoms with Gasteiger partial charge < -0.3 is 33.8 Å². The molecule has 6 atom stereocenters. The number of hydrogen-bond acceptors (Lipinski definition) is 15. The van der Waals surface area contributed by atoms with Gasteiger partial charge in [-0.05, 0) is 49.4 Å². The number of esters is 4. The maximum absolute atomic E-state index is 13.0. The van der Waals surface area contributed by atoms with Crippen LogP contribution in [0.3, 0.4) is 0 Å². The number of hydrogen-bond donors (Lipinski definition) is 3. The van der Waals surface area contributed by atoms with Crippen molar-refractivity contribution in [2.24, 2.45) is 23.7 Å². The topological polar surface area (TPSA) is 237 Å². The van der Waals surface area contributed by atoms with E-state index in [9.17, 15) is 43.2 Å². The first-order valence-corrected chi connectivity index (χ1v) is 39.7. The van der Waals surface area contributed by atoms with Gasteiger partial charge in [-0.2, -0.15) is 0 Å². The summed E-state index contributed by atoms with van der Waals surface area (Å²) < 4.78 is 68.3. The van der Waals surface area contributed by atoms with Gasteiger partial charge >= 0.3 is 39.5 Å². The Hall–Kier alpha value is -1.94. The van der Waals surface area contributed by atoms with Crippen molar-refractivity contribution in [1.82, 2.24) is 0 Å². The average molecular weight is 1330 g/mol. The van der Waals surface area contributed by atoms with Crippen LogP contribution in [0.25, 0.3) is 0 Å². The fourth-order valence-electron chi connectivity index (χ4n) is 10.6. The molecule has 17 nitrogen and oxygen atoms in total. The van der Waals surface area contributed by atoms with E-state index in [0.29, 0.717) is 31.6 Å². The molecule has 3 N–H and O–H groups in total. The van der Waals surface area contributed by atoms with Crippen molar-refractivity contribution in [3.63, 3.8) is 0 Å². The van der Waals surface area contributed by atoms with Gasteiger partial charge in [-0.3, -0.25) is 37.3 Å². The van der Waals surface area contributed by atoms with E-state index in [0.717, 1.165) is 114 Å². The molecule has 534 valence electrons. The number of phosphoric ester groups is 2. The van der Waals surface area contributed by atoms with Crippen LogP contribution >= 0.6 is 15.6 Å². The highest BCUT2D eigenvalue weighted by molar-refractivity contribution is 7.47. The molecule has 0 fully saturated rings. The fourth-order valence-corrected chi connectivity index (χ4v) is 12.2. The van der Waals surface area contributed by atoms with Gasteiger partial charge in [-0.25, -0.2) is 9.13 Å². The van der Waals surface area contributed by atoms with Crippen LogP contribution in [0.1, 0.15) is 351 Å². The zero-order chi connectivity index (χ0) is 66.8. The van der Waals surface area contributed by atoms with E-state index >= 15 is 0 Å². The molecule has 0 aromatic rings. The van der Waals surface area contributed by atoms with E-state index in [1.165, 1.54) is 148 Å². The molecule has 0 amide bonds. The summed E-state index contributed by atoms with van der Waals surface area (Å²) in [7, 11) is -9.90. The van der Waals surface area contributed by atoms with Gasteiger partial charge in [0.05, 0.1) is 26.4 Å². The first-order chi connectivity index (χ1) is 43.1. The molecule has 0 radical (unpaired) electrons. The van der Waals surface area contributed by atoms with Crippen LogP contribution in [-0.2, 0) is 65.4 Å². The summed E-state index contributed by atoms with van der Waals surface area (Å²) in [4.78, 5) is 72.5. The molecule has 0 aliphatic carbocycles. The molecule has 0 aromatic heterocycles. The van der Waals surface area contributed by atoms with Crippen molar-refractivity contribution in [3.8, 4) is 0 Å². The van der Waals surface area contributed by atoms with Crippen LogP contribution < -0.4 is 0 Å². The predicted octanol–water partition coefficient (Wildman–Crippen LogP) is 20.1. The lowest BCUT2D eigenvalue weighted by Crippen LogP contribution is -2.30. The smallest absolute Gasteiger partial charge is 0.462 e. The Morgan fingerprint density at radius 1 is 0.311 bits per heavy atom. The van der Waals surface area contributed by atoms with E-state index in [4.69, 9.17) is 37.0 Å². The lowest BCUT2D eigenvalue weighted by molar-refractivity contribution is -0.161. The third-order valence-electron chi connectivity index (χ3n) is 16.7. The van der Waals surface area contributed by atoms with E-state index in [-0.39, 0.29) is 25.7 Å². The normalized spacial score (nSPS) is 14.6. The van der Waals surface area contributed by atoms with Gasteiger partial charge in [-0.1, -0.05) is 299 Å². The summed E-state index contributed by atoms with van der Waals surface area (Å²) in [5.41, 5.74) is 0. The number of aliphatic hydroxyl groups excluding tert-OH is 1. The molecule has 0 heterocycles. The summed E-state index contributed by atoms with van der Waals surface area (Å²) in [6.45, 7) is 14.1. The maximum atomic E-state index is 13.0. The van der Waals surface area contributed by atoms with Crippen molar-refractivity contribution in [2.45, 2.75) is 369 Å². The fraction of sp³-hybridized carbons (Fsp3) is 0.944. The van der Waals surface area contributed by atoms with E-state index in [2.05, 4.69) is 55.4 Å². The number of unbranched alkanes of at least 4 members (excludes halogenated alkanes) is 33. The SMILES string of the molecule is CCC(C)CCCCCCCCC(=O)O[C@H](COC(=O)CCCCCCCCCCCCCCCCC(C)C)COP(=O)(O)OCC(O)COP(=O)(O)OC[C@@H](COC(=O)CCCCCCCCCC(C)C)OC(=O)CCCCCCCCCCCCC(C)C. The molecule has 0 aromatic carbocycles. The maximum Gasteiger partial charge on any atom is 0.472 e. The van der Waals surface area contributed by atoms with E-state index in [1.807, 2.05) is 0 Å². The third kappa shape index (κ3) is 63.5. The molecule has 0 rings (SSSR count). The largest absolute Gasteiger partial charge is 0.472 e. The van der Waals surface area contributed by atoms with Crippen molar-refractivity contribution in [3.05, 3.63) is 0 Å². The van der Waals surface area contributed by atoms with E-state index < -0.39 is 97.5 Å². The summed E-state index contributed by atoms with van der Waals surface area (Å²) in [6.07, 6.45) is 43.2. The van der Waals surface area contributed by atoms with Crippen LogP contribution in [-0.4, -0.2) is 96.7 Å². The van der Waals surface area contributed by atoms with Crippen LogP contribution in [0, 0.1) is 23.7 Å². The second-order valence-electron chi connectivity index (χ2n) is 27.3. The summed E-state index contributed by atoms with van der Waals surface area (Å²) in [5, 5.41) is 10.6. The zero-order valence-corrected chi connectivity index (χ0v) is 60.6. The second-order valence-corrected chi connectivity index (χ2v) is 30.2. The van der Waals surface area contributed by atoms with Gasteiger partial charge in [0.15, 0.2) is 12.2 Å². The van der Waals surface area contributed by atoms with Crippen LogP contribution in [0.5, 0.6) is 0 Å².